The molecule has 1 aliphatic rings. The van der Waals surface area contributed by atoms with Crippen LogP contribution in [-0.2, 0) is 4.79 Å². The molecule has 28 heavy (non-hydrogen) atoms. The number of rotatable bonds is 3. The molecule has 0 unspecified atom stereocenters. The van der Waals surface area contributed by atoms with Crippen molar-refractivity contribution >= 4 is 33.4 Å². The smallest absolute Gasteiger partial charge is 0.264 e. The molecule has 2 aromatic heterocycles. The summed E-state index contributed by atoms with van der Waals surface area (Å²) in [7, 11) is 3.57. The van der Waals surface area contributed by atoms with Crippen molar-refractivity contribution in [3.8, 4) is 5.69 Å². The zero-order valence-corrected chi connectivity index (χ0v) is 17.2. The highest BCUT2D eigenvalue weighted by Crippen LogP contribution is 2.32. The third-order valence-electron chi connectivity index (χ3n) is 5.33. The first-order valence-corrected chi connectivity index (χ1v) is 10.3. The van der Waals surface area contributed by atoms with Crippen molar-refractivity contribution in [1.82, 2.24) is 19.6 Å². The van der Waals surface area contributed by atoms with Crippen LogP contribution >= 0.6 is 11.3 Å². The number of benzene rings is 1. The van der Waals surface area contributed by atoms with E-state index in [0.717, 1.165) is 39.3 Å². The van der Waals surface area contributed by atoms with Crippen molar-refractivity contribution in [2.45, 2.75) is 19.8 Å². The number of hydrogen-bond donors (Lipinski definition) is 0. The van der Waals surface area contributed by atoms with E-state index in [2.05, 4.69) is 5.10 Å². The summed E-state index contributed by atoms with van der Waals surface area (Å²) in [5.41, 5.74) is 1.91. The summed E-state index contributed by atoms with van der Waals surface area (Å²) in [5.74, 6) is 0.235. The lowest BCUT2D eigenvalue weighted by molar-refractivity contribution is -0.134. The van der Waals surface area contributed by atoms with Crippen LogP contribution in [0.1, 0.15) is 28.2 Å². The van der Waals surface area contributed by atoms with Gasteiger partial charge in [0.1, 0.15) is 4.83 Å². The number of hydrogen-bond acceptors (Lipinski definition) is 4. The molecule has 0 aliphatic carbocycles. The second-order valence-corrected chi connectivity index (χ2v) is 8.49. The highest BCUT2D eigenvalue weighted by atomic mass is 32.1. The van der Waals surface area contributed by atoms with Gasteiger partial charge in [-0.3, -0.25) is 9.59 Å². The van der Waals surface area contributed by atoms with E-state index in [1.54, 1.807) is 19.0 Å². The minimum absolute atomic E-state index is 0.0235. The summed E-state index contributed by atoms with van der Waals surface area (Å²) in [5, 5.41) is 5.66. The van der Waals surface area contributed by atoms with Crippen LogP contribution in [0.25, 0.3) is 15.9 Å². The van der Waals surface area contributed by atoms with Crippen molar-refractivity contribution in [1.29, 1.82) is 0 Å². The van der Waals surface area contributed by atoms with E-state index in [-0.39, 0.29) is 17.7 Å². The first-order chi connectivity index (χ1) is 13.5. The van der Waals surface area contributed by atoms with Crippen molar-refractivity contribution in [2.24, 2.45) is 5.92 Å². The van der Waals surface area contributed by atoms with Crippen LogP contribution in [0.4, 0.5) is 0 Å². The van der Waals surface area contributed by atoms with Gasteiger partial charge in [-0.15, -0.1) is 11.3 Å². The van der Waals surface area contributed by atoms with Crippen LogP contribution in [0.5, 0.6) is 0 Å². The minimum Gasteiger partial charge on any atom is -0.349 e. The van der Waals surface area contributed by atoms with Crippen molar-refractivity contribution in [3.63, 3.8) is 0 Å². The Morgan fingerprint density at radius 1 is 1.14 bits per heavy atom. The zero-order chi connectivity index (χ0) is 19.8. The number of nitrogens with zero attached hydrogens (tertiary/aromatic N) is 4. The standard InChI is InChI=1S/C21H24N4O2S/c1-14-17-13-18(28-21(17)25(22-14)16-7-5-4-6-8-16)20(27)24-11-9-15(10-12-24)19(26)23(2)3/h4-8,13,15H,9-12H2,1-3H3. The van der Waals surface area contributed by atoms with Gasteiger partial charge in [-0.25, -0.2) is 4.68 Å². The molecule has 0 N–H and O–H groups in total. The zero-order valence-electron chi connectivity index (χ0n) is 16.4. The molecule has 7 heteroatoms. The number of aryl methyl sites for hydroxylation is 1. The molecule has 0 bridgehead atoms. The fourth-order valence-corrected chi connectivity index (χ4v) is 4.90. The quantitative estimate of drug-likeness (QED) is 0.682. The molecular formula is C21H24N4O2S. The van der Waals surface area contributed by atoms with Gasteiger partial charge in [0.15, 0.2) is 0 Å². The molecule has 0 radical (unpaired) electrons. The predicted molar refractivity (Wildman–Crippen MR) is 111 cm³/mol. The van der Waals surface area contributed by atoms with Gasteiger partial charge in [0.25, 0.3) is 5.91 Å². The molecular weight excluding hydrogens is 372 g/mol. The van der Waals surface area contributed by atoms with E-state index in [1.807, 2.05) is 52.9 Å². The summed E-state index contributed by atoms with van der Waals surface area (Å²) in [4.78, 5) is 30.4. The second-order valence-electron chi connectivity index (χ2n) is 7.46. The largest absolute Gasteiger partial charge is 0.349 e. The monoisotopic (exact) mass is 396 g/mol. The van der Waals surface area contributed by atoms with E-state index in [1.165, 1.54) is 11.3 Å². The number of aromatic nitrogens is 2. The molecule has 4 rings (SSSR count). The van der Waals surface area contributed by atoms with E-state index < -0.39 is 0 Å². The molecule has 0 spiro atoms. The number of carbonyl (C=O) groups excluding carboxylic acids is 2. The van der Waals surface area contributed by atoms with Gasteiger partial charge >= 0.3 is 0 Å². The maximum atomic E-state index is 13.0. The Labute approximate surface area is 168 Å². The molecule has 0 atom stereocenters. The Kier molecular flexibility index (Phi) is 4.93. The lowest BCUT2D eigenvalue weighted by Crippen LogP contribution is -2.42. The lowest BCUT2D eigenvalue weighted by atomic mass is 9.95. The number of para-hydroxylation sites is 1. The minimum atomic E-state index is 0.0235. The number of fused-ring (bicyclic) bond motifs is 1. The number of likely N-dealkylation sites (tertiary alicyclic amines) is 1. The van der Waals surface area contributed by atoms with Crippen LogP contribution in [0.2, 0.25) is 0 Å². The summed E-state index contributed by atoms with van der Waals surface area (Å²) in [6.45, 7) is 3.23. The maximum Gasteiger partial charge on any atom is 0.264 e. The second kappa shape index (κ2) is 7.39. The van der Waals surface area contributed by atoms with Gasteiger partial charge in [-0.1, -0.05) is 18.2 Å². The fourth-order valence-electron chi connectivity index (χ4n) is 3.75. The van der Waals surface area contributed by atoms with Gasteiger partial charge in [0, 0.05) is 38.5 Å². The molecule has 0 saturated carbocycles. The Morgan fingerprint density at radius 3 is 2.46 bits per heavy atom. The van der Waals surface area contributed by atoms with Crippen LogP contribution < -0.4 is 0 Å². The maximum absolute atomic E-state index is 13.0. The summed E-state index contributed by atoms with van der Waals surface area (Å²) >= 11 is 1.49. The van der Waals surface area contributed by atoms with E-state index >= 15 is 0 Å². The summed E-state index contributed by atoms with van der Waals surface area (Å²) in [6, 6.07) is 11.9. The van der Waals surface area contributed by atoms with Crippen LogP contribution in [0, 0.1) is 12.8 Å². The third-order valence-corrected chi connectivity index (χ3v) is 6.43. The number of piperidine rings is 1. The van der Waals surface area contributed by atoms with Crippen LogP contribution in [0.15, 0.2) is 36.4 Å². The highest BCUT2D eigenvalue weighted by molar-refractivity contribution is 7.20. The SMILES string of the molecule is Cc1nn(-c2ccccc2)c2sc(C(=O)N3CCC(C(=O)N(C)C)CC3)cc12. The van der Waals surface area contributed by atoms with E-state index in [0.29, 0.717) is 13.1 Å². The van der Waals surface area contributed by atoms with E-state index in [4.69, 9.17) is 0 Å². The Balaban J connectivity index is 1.55. The Morgan fingerprint density at radius 2 is 1.82 bits per heavy atom. The molecule has 146 valence electrons. The van der Waals surface area contributed by atoms with Crippen LogP contribution in [-0.4, -0.2) is 58.6 Å². The highest BCUT2D eigenvalue weighted by Gasteiger charge is 2.29. The number of thiophene rings is 1. The molecule has 6 nitrogen and oxygen atoms in total. The molecule has 1 aromatic carbocycles. The molecule has 1 fully saturated rings. The van der Waals surface area contributed by atoms with Crippen molar-refractivity contribution in [3.05, 3.63) is 47.0 Å². The first-order valence-electron chi connectivity index (χ1n) is 9.50. The van der Waals surface area contributed by atoms with Crippen molar-refractivity contribution < 1.29 is 9.59 Å². The Bertz CT molecular complexity index is 1010. The third kappa shape index (κ3) is 3.30. The van der Waals surface area contributed by atoms with Gasteiger partial charge in [0.05, 0.1) is 16.3 Å². The molecule has 1 aliphatic heterocycles. The molecule has 2 amide bonds. The average molecular weight is 397 g/mol. The Hall–Kier alpha value is -2.67. The van der Waals surface area contributed by atoms with Crippen molar-refractivity contribution in [2.75, 3.05) is 27.2 Å². The van der Waals surface area contributed by atoms with E-state index in [9.17, 15) is 9.59 Å². The van der Waals surface area contributed by atoms with Gasteiger partial charge in [-0.2, -0.15) is 5.10 Å². The summed E-state index contributed by atoms with van der Waals surface area (Å²) in [6.07, 6.45) is 1.45. The number of carbonyl (C=O) groups is 2. The van der Waals surface area contributed by atoms with Gasteiger partial charge in [0.2, 0.25) is 5.91 Å². The van der Waals surface area contributed by atoms with Gasteiger partial charge < -0.3 is 9.80 Å². The molecule has 3 aromatic rings. The topological polar surface area (TPSA) is 58.4 Å². The normalized spacial score (nSPS) is 15.2. The average Bonchev–Trinajstić information content (AvgIpc) is 3.28. The predicted octanol–water partition coefficient (Wildman–Crippen LogP) is 3.34. The lowest BCUT2D eigenvalue weighted by Gasteiger charge is -2.32. The molecule has 3 heterocycles. The van der Waals surface area contributed by atoms with Crippen LogP contribution in [0.3, 0.4) is 0 Å². The number of amides is 2. The fraction of sp³-hybridized carbons (Fsp3) is 0.381. The first kappa shape index (κ1) is 18.7. The van der Waals surface area contributed by atoms with Gasteiger partial charge in [-0.05, 0) is 38.0 Å². The molecule has 1 saturated heterocycles. The summed E-state index contributed by atoms with van der Waals surface area (Å²) < 4.78 is 1.91.